The Morgan fingerprint density at radius 1 is 1.24 bits per heavy atom. The van der Waals surface area contributed by atoms with E-state index >= 15 is 0 Å². The summed E-state index contributed by atoms with van der Waals surface area (Å²) in [6.45, 7) is 3.00. The highest BCUT2D eigenvalue weighted by Gasteiger charge is 2.14. The number of hydrogen-bond donors (Lipinski definition) is 1. The molecular weight excluding hydrogens is 350 g/mol. The van der Waals surface area contributed by atoms with Crippen LogP contribution >= 0.6 is 27.5 Å². The van der Waals surface area contributed by atoms with Gasteiger partial charge in [-0.1, -0.05) is 46.6 Å². The quantitative estimate of drug-likeness (QED) is 0.774. The third kappa shape index (κ3) is 4.47. The van der Waals surface area contributed by atoms with Gasteiger partial charge in [-0.15, -0.1) is 0 Å². The number of benzene rings is 2. The van der Waals surface area contributed by atoms with Crippen molar-refractivity contribution in [3.05, 3.63) is 63.1 Å². The number of nitrogens with one attached hydrogen (secondary N) is 1. The molecule has 1 atom stereocenters. The van der Waals surface area contributed by atoms with Gasteiger partial charge in [-0.05, 0) is 54.4 Å². The topological polar surface area (TPSA) is 21.3 Å². The SMILES string of the molecule is CCNC(Cc1cc(Br)ccc1OC)c1cccc(Cl)c1. The van der Waals surface area contributed by atoms with Crippen molar-refractivity contribution in [2.24, 2.45) is 0 Å². The molecule has 2 aromatic rings. The van der Waals surface area contributed by atoms with Crippen molar-refractivity contribution in [3.8, 4) is 5.75 Å². The van der Waals surface area contributed by atoms with E-state index in [2.05, 4.69) is 40.3 Å². The number of methoxy groups -OCH3 is 1. The Bertz CT molecular complexity index is 603. The van der Waals surface area contributed by atoms with E-state index in [9.17, 15) is 0 Å². The van der Waals surface area contributed by atoms with Crippen molar-refractivity contribution in [3.63, 3.8) is 0 Å². The molecule has 0 saturated heterocycles. The van der Waals surface area contributed by atoms with Crippen LogP contribution in [0.4, 0.5) is 0 Å². The maximum Gasteiger partial charge on any atom is 0.122 e. The van der Waals surface area contributed by atoms with E-state index in [0.717, 1.165) is 33.8 Å². The van der Waals surface area contributed by atoms with Crippen LogP contribution in [0.3, 0.4) is 0 Å². The number of ether oxygens (including phenoxy) is 1. The second kappa shape index (κ2) is 7.83. The molecule has 0 aromatic heterocycles. The fourth-order valence-electron chi connectivity index (χ4n) is 2.40. The molecule has 0 fully saturated rings. The molecule has 0 aliphatic carbocycles. The van der Waals surface area contributed by atoms with Gasteiger partial charge in [0.2, 0.25) is 0 Å². The highest BCUT2D eigenvalue weighted by molar-refractivity contribution is 9.10. The van der Waals surface area contributed by atoms with Crippen LogP contribution in [-0.2, 0) is 6.42 Å². The normalized spacial score (nSPS) is 12.2. The summed E-state index contributed by atoms with van der Waals surface area (Å²) in [5.74, 6) is 0.906. The van der Waals surface area contributed by atoms with Crippen LogP contribution in [0.15, 0.2) is 46.9 Å². The minimum atomic E-state index is 0.205. The Kier molecular flexibility index (Phi) is 6.09. The Hall–Kier alpha value is -1.03. The summed E-state index contributed by atoms with van der Waals surface area (Å²) < 4.78 is 6.52. The zero-order valence-corrected chi connectivity index (χ0v) is 14.5. The molecule has 112 valence electrons. The van der Waals surface area contributed by atoms with Crippen LogP contribution < -0.4 is 10.1 Å². The molecule has 2 rings (SSSR count). The van der Waals surface area contributed by atoms with Crippen molar-refractivity contribution in [2.75, 3.05) is 13.7 Å². The van der Waals surface area contributed by atoms with Gasteiger partial charge in [0.1, 0.15) is 5.75 Å². The van der Waals surface area contributed by atoms with Gasteiger partial charge in [0, 0.05) is 15.5 Å². The molecule has 0 amide bonds. The lowest BCUT2D eigenvalue weighted by molar-refractivity contribution is 0.405. The maximum atomic E-state index is 6.12. The average Bonchev–Trinajstić information content (AvgIpc) is 2.47. The fraction of sp³-hybridized carbons (Fsp3) is 0.294. The van der Waals surface area contributed by atoms with Crippen LogP contribution in [-0.4, -0.2) is 13.7 Å². The Morgan fingerprint density at radius 2 is 2.05 bits per heavy atom. The summed E-state index contributed by atoms with van der Waals surface area (Å²) in [6.07, 6.45) is 0.844. The molecule has 2 nitrogen and oxygen atoms in total. The van der Waals surface area contributed by atoms with Crippen LogP contribution in [0, 0.1) is 0 Å². The molecule has 0 heterocycles. The second-order valence-corrected chi connectivity index (χ2v) is 6.18. The molecule has 0 radical (unpaired) electrons. The molecule has 0 saturated carbocycles. The summed E-state index contributed by atoms with van der Waals surface area (Å²) in [4.78, 5) is 0. The minimum Gasteiger partial charge on any atom is -0.496 e. The van der Waals surface area contributed by atoms with Gasteiger partial charge in [-0.3, -0.25) is 0 Å². The van der Waals surface area contributed by atoms with E-state index in [-0.39, 0.29) is 6.04 Å². The van der Waals surface area contributed by atoms with E-state index < -0.39 is 0 Å². The number of likely N-dealkylation sites (N-methyl/N-ethyl adjacent to an activating group) is 1. The van der Waals surface area contributed by atoms with E-state index in [1.165, 1.54) is 5.56 Å². The smallest absolute Gasteiger partial charge is 0.122 e. The predicted molar refractivity (Wildman–Crippen MR) is 92.3 cm³/mol. The Balaban J connectivity index is 2.30. The summed E-state index contributed by atoms with van der Waals surface area (Å²) in [5, 5.41) is 4.28. The van der Waals surface area contributed by atoms with E-state index in [0.29, 0.717) is 0 Å². The number of halogens is 2. The first-order valence-corrected chi connectivity index (χ1v) is 8.12. The van der Waals surface area contributed by atoms with Crippen LogP contribution in [0.5, 0.6) is 5.75 Å². The van der Waals surface area contributed by atoms with Crippen molar-refractivity contribution >= 4 is 27.5 Å². The summed E-state index contributed by atoms with van der Waals surface area (Å²) in [7, 11) is 1.70. The van der Waals surface area contributed by atoms with Gasteiger partial charge < -0.3 is 10.1 Å². The third-order valence-electron chi connectivity index (χ3n) is 3.37. The largest absolute Gasteiger partial charge is 0.496 e. The van der Waals surface area contributed by atoms with Gasteiger partial charge in [0.15, 0.2) is 0 Å². The summed E-state index contributed by atoms with van der Waals surface area (Å²) >= 11 is 9.64. The van der Waals surface area contributed by atoms with Crippen LogP contribution in [0.25, 0.3) is 0 Å². The molecule has 0 aliphatic rings. The zero-order valence-electron chi connectivity index (χ0n) is 12.2. The van der Waals surface area contributed by atoms with E-state index in [1.807, 2.05) is 30.3 Å². The standard InChI is InChI=1S/C17H19BrClNO/c1-3-20-16(12-5-4-6-15(19)10-12)11-13-9-14(18)7-8-17(13)21-2/h4-10,16,20H,3,11H2,1-2H3. The Morgan fingerprint density at radius 3 is 2.71 bits per heavy atom. The monoisotopic (exact) mass is 367 g/mol. The molecule has 4 heteroatoms. The highest BCUT2D eigenvalue weighted by Crippen LogP contribution is 2.28. The van der Waals surface area contributed by atoms with Crippen molar-refractivity contribution < 1.29 is 4.74 Å². The molecule has 1 N–H and O–H groups in total. The van der Waals surface area contributed by atoms with Gasteiger partial charge >= 0.3 is 0 Å². The maximum absolute atomic E-state index is 6.12. The lowest BCUT2D eigenvalue weighted by Gasteiger charge is -2.20. The van der Waals surface area contributed by atoms with Crippen molar-refractivity contribution in [2.45, 2.75) is 19.4 Å². The van der Waals surface area contributed by atoms with Crippen molar-refractivity contribution in [1.82, 2.24) is 5.32 Å². The third-order valence-corrected chi connectivity index (χ3v) is 4.10. The van der Waals surface area contributed by atoms with Gasteiger partial charge in [-0.25, -0.2) is 0 Å². The second-order valence-electron chi connectivity index (χ2n) is 4.83. The molecule has 1 unspecified atom stereocenters. The summed E-state index contributed by atoms with van der Waals surface area (Å²) in [6, 6.07) is 14.3. The average molecular weight is 369 g/mol. The lowest BCUT2D eigenvalue weighted by atomic mass is 9.98. The first kappa shape index (κ1) is 16.3. The number of rotatable bonds is 6. The lowest BCUT2D eigenvalue weighted by Crippen LogP contribution is -2.23. The van der Waals surface area contributed by atoms with Gasteiger partial charge in [-0.2, -0.15) is 0 Å². The highest BCUT2D eigenvalue weighted by atomic mass is 79.9. The minimum absolute atomic E-state index is 0.205. The fourth-order valence-corrected chi connectivity index (χ4v) is 3.01. The zero-order chi connectivity index (χ0) is 15.2. The van der Waals surface area contributed by atoms with Crippen molar-refractivity contribution in [1.29, 1.82) is 0 Å². The predicted octanol–water partition coefficient (Wildman–Crippen LogP) is 5.00. The summed E-state index contributed by atoms with van der Waals surface area (Å²) in [5.41, 5.74) is 2.35. The number of hydrogen-bond acceptors (Lipinski definition) is 2. The molecule has 0 spiro atoms. The first-order chi connectivity index (χ1) is 10.1. The molecule has 2 aromatic carbocycles. The van der Waals surface area contributed by atoms with E-state index in [1.54, 1.807) is 7.11 Å². The molecule has 0 bridgehead atoms. The molecule has 21 heavy (non-hydrogen) atoms. The molecular formula is C17H19BrClNO. The van der Waals surface area contributed by atoms with E-state index in [4.69, 9.17) is 16.3 Å². The first-order valence-electron chi connectivity index (χ1n) is 6.95. The Labute approximate surface area is 139 Å². The van der Waals surface area contributed by atoms with Crippen LogP contribution in [0.1, 0.15) is 24.1 Å². The molecule has 0 aliphatic heterocycles. The van der Waals surface area contributed by atoms with Gasteiger partial charge in [0.25, 0.3) is 0 Å². The van der Waals surface area contributed by atoms with Gasteiger partial charge in [0.05, 0.1) is 7.11 Å². The van der Waals surface area contributed by atoms with Crippen LogP contribution in [0.2, 0.25) is 5.02 Å².